The number of benzene rings is 1. The fourth-order valence-corrected chi connectivity index (χ4v) is 2.77. The third-order valence-electron chi connectivity index (χ3n) is 3.11. The molecule has 0 amide bonds. The van der Waals surface area contributed by atoms with Crippen LogP contribution >= 0.6 is 0 Å². The Morgan fingerprint density at radius 1 is 1.24 bits per heavy atom. The number of fused-ring (bicyclic) bond motifs is 1. The zero-order chi connectivity index (χ0) is 15.0. The van der Waals surface area contributed by atoms with E-state index in [-0.39, 0.29) is 0 Å². The highest BCUT2D eigenvalue weighted by Crippen LogP contribution is 2.26. The maximum Gasteiger partial charge on any atom is 0.229 e. The summed E-state index contributed by atoms with van der Waals surface area (Å²) in [6.07, 6.45) is 4.63. The first-order valence-electron chi connectivity index (χ1n) is 6.31. The molecule has 2 N–H and O–H groups in total. The molecule has 3 rings (SSSR count). The van der Waals surface area contributed by atoms with Gasteiger partial charge in [-0.25, -0.2) is 13.4 Å². The molecule has 0 aliphatic carbocycles. The van der Waals surface area contributed by atoms with Crippen LogP contribution in [0.15, 0.2) is 36.7 Å². The highest BCUT2D eigenvalue weighted by Gasteiger charge is 2.08. The molecule has 7 heteroatoms. The van der Waals surface area contributed by atoms with E-state index < -0.39 is 10.0 Å². The van der Waals surface area contributed by atoms with Crippen molar-refractivity contribution >= 4 is 26.6 Å². The van der Waals surface area contributed by atoms with E-state index in [0.29, 0.717) is 5.69 Å². The first kappa shape index (κ1) is 13.6. The van der Waals surface area contributed by atoms with Crippen molar-refractivity contribution in [2.45, 2.75) is 6.92 Å². The second kappa shape index (κ2) is 4.85. The van der Waals surface area contributed by atoms with Crippen LogP contribution in [0.4, 0.5) is 5.69 Å². The minimum Gasteiger partial charge on any atom is -0.285 e. The van der Waals surface area contributed by atoms with Crippen molar-refractivity contribution in [1.82, 2.24) is 15.2 Å². The van der Waals surface area contributed by atoms with Gasteiger partial charge < -0.3 is 0 Å². The molecular weight excluding hydrogens is 288 g/mol. The molecule has 0 unspecified atom stereocenters. The largest absolute Gasteiger partial charge is 0.285 e. The van der Waals surface area contributed by atoms with Gasteiger partial charge >= 0.3 is 0 Å². The Morgan fingerprint density at radius 3 is 2.71 bits per heavy atom. The summed E-state index contributed by atoms with van der Waals surface area (Å²) in [5, 5.41) is 7.60. The van der Waals surface area contributed by atoms with Crippen LogP contribution in [-0.4, -0.2) is 29.9 Å². The summed E-state index contributed by atoms with van der Waals surface area (Å²) in [5.74, 6) is 0. The van der Waals surface area contributed by atoms with Crippen molar-refractivity contribution in [1.29, 1.82) is 0 Å². The van der Waals surface area contributed by atoms with Gasteiger partial charge in [0, 0.05) is 22.8 Å². The number of H-pyrrole nitrogens is 1. The van der Waals surface area contributed by atoms with Crippen LogP contribution in [0.2, 0.25) is 0 Å². The average Bonchev–Trinajstić information content (AvgIpc) is 2.91. The van der Waals surface area contributed by atoms with E-state index in [2.05, 4.69) is 19.9 Å². The lowest BCUT2D eigenvalue weighted by molar-refractivity contribution is 0.607. The average molecular weight is 302 g/mol. The molecule has 0 radical (unpaired) electrons. The third kappa shape index (κ3) is 2.87. The maximum atomic E-state index is 11.3. The molecule has 0 spiro atoms. The number of nitrogens with zero attached hydrogens (tertiary/aromatic N) is 2. The van der Waals surface area contributed by atoms with Crippen LogP contribution in [0.5, 0.6) is 0 Å². The molecule has 0 aliphatic rings. The van der Waals surface area contributed by atoms with Crippen LogP contribution < -0.4 is 4.72 Å². The summed E-state index contributed by atoms with van der Waals surface area (Å²) in [6.45, 7) is 1.97. The second-order valence-electron chi connectivity index (χ2n) is 4.92. The molecule has 6 nitrogen and oxygen atoms in total. The summed E-state index contributed by atoms with van der Waals surface area (Å²) in [6, 6.07) is 7.25. The van der Waals surface area contributed by atoms with Crippen LogP contribution in [-0.2, 0) is 10.0 Å². The number of hydrogen-bond donors (Lipinski definition) is 2. The molecule has 2 aromatic heterocycles. The van der Waals surface area contributed by atoms with E-state index in [1.165, 1.54) is 0 Å². The molecule has 0 fully saturated rings. The Balaban J connectivity index is 2.12. The molecule has 0 saturated carbocycles. The molecule has 0 atom stereocenters. The van der Waals surface area contributed by atoms with E-state index in [0.717, 1.165) is 34.0 Å². The number of rotatable bonds is 3. The predicted octanol–water partition coefficient (Wildman–Crippen LogP) is 2.30. The summed E-state index contributed by atoms with van der Waals surface area (Å²) >= 11 is 0. The van der Waals surface area contributed by atoms with E-state index in [4.69, 9.17) is 0 Å². The van der Waals surface area contributed by atoms with Crippen molar-refractivity contribution in [3.8, 4) is 11.3 Å². The SMILES string of the molecule is Cc1cc(-c2cn[nH]c2)nc2ccc(NS(C)(=O)=O)cc12. The van der Waals surface area contributed by atoms with Gasteiger partial charge in [-0.15, -0.1) is 0 Å². The Bertz CT molecular complexity index is 902. The second-order valence-corrected chi connectivity index (χ2v) is 6.67. The van der Waals surface area contributed by atoms with Gasteiger partial charge in [0.25, 0.3) is 0 Å². The molecule has 2 heterocycles. The lowest BCUT2D eigenvalue weighted by Gasteiger charge is -2.08. The van der Waals surface area contributed by atoms with Crippen molar-refractivity contribution < 1.29 is 8.42 Å². The molecule has 21 heavy (non-hydrogen) atoms. The van der Waals surface area contributed by atoms with Crippen molar-refractivity contribution in [3.63, 3.8) is 0 Å². The lowest BCUT2D eigenvalue weighted by atomic mass is 10.1. The van der Waals surface area contributed by atoms with Gasteiger partial charge in [0.15, 0.2) is 0 Å². The van der Waals surface area contributed by atoms with Gasteiger partial charge in [-0.2, -0.15) is 5.10 Å². The Hall–Kier alpha value is -2.41. The Labute approximate surface area is 122 Å². The molecule has 1 aromatic carbocycles. The zero-order valence-electron chi connectivity index (χ0n) is 11.6. The number of hydrogen-bond acceptors (Lipinski definition) is 4. The highest BCUT2D eigenvalue weighted by molar-refractivity contribution is 7.92. The summed E-state index contributed by atoms with van der Waals surface area (Å²) < 4.78 is 25.1. The normalized spacial score (nSPS) is 11.7. The van der Waals surface area contributed by atoms with E-state index in [1.54, 1.807) is 30.6 Å². The van der Waals surface area contributed by atoms with Gasteiger partial charge in [0.1, 0.15) is 0 Å². The minimum atomic E-state index is -3.29. The van der Waals surface area contributed by atoms with Gasteiger partial charge in [-0.05, 0) is 36.8 Å². The van der Waals surface area contributed by atoms with Crippen molar-refractivity contribution in [2.24, 2.45) is 0 Å². The summed E-state index contributed by atoms with van der Waals surface area (Å²) in [5.41, 5.74) is 4.11. The van der Waals surface area contributed by atoms with Gasteiger partial charge in [0.2, 0.25) is 10.0 Å². The lowest BCUT2D eigenvalue weighted by Crippen LogP contribution is -2.09. The van der Waals surface area contributed by atoms with Gasteiger partial charge in [0.05, 0.1) is 23.7 Å². The van der Waals surface area contributed by atoms with Crippen LogP contribution in [0.3, 0.4) is 0 Å². The van der Waals surface area contributed by atoms with Gasteiger partial charge in [-0.1, -0.05) is 0 Å². The predicted molar refractivity (Wildman–Crippen MR) is 82.5 cm³/mol. The smallest absolute Gasteiger partial charge is 0.229 e. The van der Waals surface area contributed by atoms with Crippen LogP contribution in [0, 0.1) is 6.92 Å². The number of pyridine rings is 1. The van der Waals surface area contributed by atoms with Gasteiger partial charge in [-0.3, -0.25) is 9.82 Å². The van der Waals surface area contributed by atoms with Crippen molar-refractivity contribution in [2.75, 3.05) is 11.0 Å². The van der Waals surface area contributed by atoms with E-state index in [9.17, 15) is 8.42 Å². The number of aromatic nitrogens is 3. The molecular formula is C14H14N4O2S. The molecule has 0 saturated heterocycles. The highest BCUT2D eigenvalue weighted by atomic mass is 32.2. The van der Waals surface area contributed by atoms with Crippen LogP contribution in [0.1, 0.15) is 5.56 Å². The number of sulfonamides is 1. The topological polar surface area (TPSA) is 87.7 Å². The summed E-state index contributed by atoms with van der Waals surface area (Å²) in [7, 11) is -3.29. The molecule has 0 bridgehead atoms. The van der Waals surface area contributed by atoms with E-state index in [1.807, 2.05) is 13.0 Å². The fraction of sp³-hybridized carbons (Fsp3) is 0.143. The number of nitrogens with one attached hydrogen (secondary N) is 2. The third-order valence-corrected chi connectivity index (χ3v) is 3.72. The monoisotopic (exact) mass is 302 g/mol. The van der Waals surface area contributed by atoms with Crippen molar-refractivity contribution in [3.05, 3.63) is 42.2 Å². The zero-order valence-corrected chi connectivity index (χ0v) is 12.4. The van der Waals surface area contributed by atoms with E-state index >= 15 is 0 Å². The molecule has 3 aromatic rings. The van der Waals surface area contributed by atoms with Crippen LogP contribution in [0.25, 0.3) is 22.2 Å². The Kier molecular flexibility index (Phi) is 3.13. The summed E-state index contributed by atoms with van der Waals surface area (Å²) in [4.78, 5) is 4.58. The maximum absolute atomic E-state index is 11.3. The first-order chi connectivity index (χ1) is 9.92. The fourth-order valence-electron chi connectivity index (χ4n) is 2.21. The Morgan fingerprint density at radius 2 is 2.05 bits per heavy atom. The molecule has 108 valence electrons. The number of anilines is 1. The first-order valence-corrected chi connectivity index (χ1v) is 8.20. The number of aromatic amines is 1. The molecule has 0 aliphatic heterocycles. The minimum absolute atomic E-state index is 0.533. The quantitative estimate of drug-likeness (QED) is 0.777. The number of aryl methyl sites for hydroxylation is 1. The standard InChI is InChI=1S/C14H14N4O2S/c1-9-5-14(10-7-15-16-8-10)17-13-4-3-11(6-12(9)13)18-21(2,19)20/h3-8,18H,1-2H3,(H,15,16).